The van der Waals surface area contributed by atoms with Gasteiger partial charge in [0.1, 0.15) is 6.61 Å². The van der Waals surface area contributed by atoms with E-state index in [1.807, 2.05) is 0 Å². The van der Waals surface area contributed by atoms with E-state index in [1.54, 1.807) is 24.3 Å². The Balaban J connectivity index is 2.38. The molecule has 0 amide bonds. The number of benzene rings is 1. The molecule has 0 saturated heterocycles. The van der Waals surface area contributed by atoms with Crippen LogP contribution in [-0.4, -0.2) is 24.2 Å². The summed E-state index contributed by atoms with van der Waals surface area (Å²) >= 11 is 5.73. The van der Waals surface area contributed by atoms with Crippen molar-refractivity contribution in [2.75, 3.05) is 13.2 Å². The molecule has 0 unspecified atom stereocenters. The molecule has 15 heavy (non-hydrogen) atoms. The van der Waals surface area contributed by atoms with Crippen LogP contribution in [0.15, 0.2) is 24.3 Å². The van der Waals surface area contributed by atoms with Crippen LogP contribution >= 0.6 is 11.6 Å². The molecular weight excluding hydrogens is 224 g/mol. The molecule has 84 valence electrons. The van der Waals surface area contributed by atoms with Crippen molar-refractivity contribution in [3.63, 3.8) is 0 Å². The third-order valence-corrected chi connectivity index (χ3v) is 2.07. The number of hydrogen-bond acceptors (Lipinski definition) is 2. The molecule has 0 aliphatic heterocycles. The predicted molar refractivity (Wildman–Crippen MR) is 55.2 cm³/mol. The van der Waals surface area contributed by atoms with Crippen molar-refractivity contribution in [3.05, 3.63) is 34.9 Å². The van der Waals surface area contributed by atoms with Crippen LogP contribution < -0.4 is 5.32 Å². The fraction of sp³-hybridized carbons (Fsp3) is 0.400. The first-order chi connectivity index (χ1) is 7.03. The number of halogens is 3. The second-order valence-corrected chi connectivity index (χ2v) is 3.68. The first-order valence-corrected chi connectivity index (χ1v) is 4.85. The van der Waals surface area contributed by atoms with Gasteiger partial charge in [0.2, 0.25) is 0 Å². The molecule has 0 atom stereocenters. The van der Waals surface area contributed by atoms with Gasteiger partial charge in [0, 0.05) is 11.6 Å². The molecule has 1 aromatic carbocycles. The monoisotopic (exact) mass is 235 g/mol. The van der Waals surface area contributed by atoms with Crippen molar-refractivity contribution >= 4 is 11.6 Å². The summed E-state index contributed by atoms with van der Waals surface area (Å²) < 4.78 is 25.2. The first-order valence-electron chi connectivity index (χ1n) is 4.47. The lowest BCUT2D eigenvalue weighted by molar-refractivity contribution is -0.0477. The van der Waals surface area contributed by atoms with Crippen LogP contribution in [-0.2, 0) is 6.54 Å². The SMILES string of the molecule is OCC(F)(F)CNCc1cccc(Cl)c1. The lowest BCUT2D eigenvalue weighted by Crippen LogP contribution is -2.35. The van der Waals surface area contributed by atoms with E-state index in [2.05, 4.69) is 5.32 Å². The van der Waals surface area contributed by atoms with Gasteiger partial charge >= 0.3 is 0 Å². The maximum atomic E-state index is 12.6. The highest BCUT2D eigenvalue weighted by Gasteiger charge is 2.26. The summed E-state index contributed by atoms with van der Waals surface area (Å²) in [6, 6.07) is 6.96. The van der Waals surface area contributed by atoms with Crippen LogP contribution in [0.5, 0.6) is 0 Å². The van der Waals surface area contributed by atoms with E-state index in [-0.39, 0.29) is 0 Å². The van der Waals surface area contributed by atoms with Gasteiger partial charge in [-0.05, 0) is 17.7 Å². The molecule has 0 fully saturated rings. The minimum Gasteiger partial charge on any atom is -0.390 e. The van der Waals surface area contributed by atoms with E-state index in [9.17, 15) is 8.78 Å². The van der Waals surface area contributed by atoms with E-state index >= 15 is 0 Å². The quantitative estimate of drug-likeness (QED) is 0.819. The maximum absolute atomic E-state index is 12.6. The van der Waals surface area contributed by atoms with Crippen molar-refractivity contribution in [2.45, 2.75) is 12.5 Å². The van der Waals surface area contributed by atoms with E-state index < -0.39 is 19.1 Å². The first kappa shape index (κ1) is 12.4. The zero-order chi connectivity index (χ0) is 11.3. The van der Waals surface area contributed by atoms with E-state index in [0.29, 0.717) is 11.6 Å². The maximum Gasteiger partial charge on any atom is 0.282 e. The average Bonchev–Trinajstić information content (AvgIpc) is 2.18. The Morgan fingerprint density at radius 1 is 1.40 bits per heavy atom. The number of nitrogens with one attached hydrogen (secondary N) is 1. The Kier molecular flexibility index (Phi) is 4.45. The number of rotatable bonds is 5. The summed E-state index contributed by atoms with van der Waals surface area (Å²) in [5, 5.41) is 11.4. The zero-order valence-electron chi connectivity index (χ0n) is 8.01. The fourth-order valence-corrected chi connectivity index (χ4v) is 1.31. The zero-order valence-corrected chi connectivity index (χ0v) is 8.77. The molecule has 0 saturated carbocycles. The molecule has 1 rings (SSSR count). The Morgan fingerprint density at radius 3 is 2.73 bits per heavy atom. The molecular formula is C10H12ClF2NO. The molecule has 0 aliphatic rings. The van der Waals surface area contributed by atoms with Crippen LogP contribution in [0.1, 0.15) is 5.56 Å². The largest absolute Gasteiger partial charge is 0.390 e. The summed E-state index contributed by atoms with van der Waals surface area (Å²) in [6.45, 7) is -1.39. The lowest BCUT2D eigenvalue weighted by atomic mass is 10.2. The van der Waals surface area contributed by atoms with Crippen LogP contribution in [0, 0.1) is 0 Å². The van der Waals surface area contributed by atoms with Gasteiger partial charge < -0.3 is 10.4 Å². The highest BCUT2D eigenvalue weighted by molar-refractivity contribution is 6.30. The molecule has 0 heterocycles. The Hall–Kier alpha value is -0.710. The number of alkyl halides is 2. The summed E-state index contributed by atoms with van der Waals surface area (Å²) in [7, 11) is 0. The van der Waals surface area contributed by atoms with Crippen molar-refractivity contribution in [1.82, 2.24) is 5.32 Å². The highest BCUT2D eigenvalue weighted by Crippen LogP contribution is 2.12. The van der Waals surface area contributed by atoms with Gasteiger partial charge in [0.25, 0.3) is 5.92 Å². The summed E-state index contributed by atoms with van der Waals surface area (Å²) in [4.78, 5) is 0. The number of aliphatic hydroxyl groups excluding tert-OH is 1. The highest BCUT2D eigenvalue weighted by atomic mass is 35.5. The van der Waals surface area contributed by atoms with Crippen molar-refractivity contribution in [2.24, 2.45) is 0 Å². The smallest absolute Gasteiger partial charge is 0.282 e. The summed E-state index contributed by atoms with van der Waals surface area (Å²) in [5.74, 6) is -3.07. The van der Waals surface area contributed by atoms with Gasteiger partial charge in [-0.1, -0.05) is 23.7 Å². The normalized spacial score (nSPS) is 11.7. The van der Waals surface area contributed by atoms with Gasteiger partial charge in [-0.25, -0.2) is 8.78 Å². The molecule has 0 bridgehead atoms. The summed E-state index contributed by atoms with van der Waals surface area (Å²) in [5.41, 5.74) is 0.830. The predicted octanol–water partition coefficient (Wildman–Crippen LogP) is 2.06. The molecule has 2 N–H and O–H groups in total. The third-order valence-electron chi connectivity index (χ3n) is 1.83. The Labute approximate surface area is 91.9 Å². The van der Waals surface area contributed by atoms with E-state index in [0.717, 1.165) is 5.56 Å². The lowest BCUT2D eigenvalue weighted by Gasteiger charge is -2.13. The molecule has 0 aromatic heterocycles. The van der Waals surface area contributed by atoms with Crippen LogP contribution in [0.3, 0.4) is 0 Å². The topological polar surface area (TPSA) is 32.3 Å². The van der Waals surface area contributed by atoms with Crippen molar-refractivity contribution in [3.8, 4) is 0 Å². The van der Waals surface area contributed by atoms with Gasteiger partial charge in [-0.3, -0.25) is 0 Å². The van der Waals surface area contributed by atoms with Crippen molar-refractivity contribution < 1.29 is 13.9 Å². The van der Waals surface area contributed by atoms with Gasteiger partial charge in [-0.15, -0.1) is 0 Å². The molecule has 0 aliphatic carbocycles. The van der Waals surface area contributed by atoms with E-state index in [1.165, 1.54) is 0 Å². The molecule has 1 aromatic rings. The minimum absolute atomic E-state index is 0.302. The Bertz CT molecular complexity index is 320. The number of aliphatic hydroxyl groups is 1. The van der Waals surface area contributed by atoms with Gasteiger partial charge in [-0.2, -0.15) is 0 Å². The van der Waals surface area contributed by atoms with E-state index in [4.69, 9.17) is 16.7 Å². The molecule has 0 spiro atoms. The standard InChI is InChI=1S/C10H12ClF2NO/c11-9-3-1-2-8(4-9)5-14-6-10(12,13)7-15/h1-4,14-15H,5-7H2. The minimum atomic E-state index is -3.07. The fourth-order valence-electron chi connectivity index (χ4n) is 1.09. The van der Waals surface area contributed by atoms with Crippen LogP contribution in [0.2, 0.25) is 5.02 Å². The Morgan fingerprint density at radius 2 is 2.13 bits per heavy atom. The second kappa shape index (κ2) is 5.39. The number of hydrogen-bond donors (Lipinski definition) is 2. The van der Waals surface area contributed by atoms with Crippen LogP contribution in [0.4, 0.5) is 8.78 Å². The molecule has 0 radical (unpaired) electrons. The van der Waals surface area contributed by atoms with Crippen LogP contribution in [0.25, 0.3) is 0 Å². The summed E-state index contributed by atoms with van der Waals surface area (Å²) in [6.07, 6.45) is 0. The molecule has 5 heteroatoms. The average molecular weight is 236 g/mol. The van der Waals surface area contributed by atoms with Crippen molar-refractivity contribution in [1.29, 1.82) is 0 Å². The second-order valence-electron chi connectivity index (χ2n) is 3.25. The van der Waals surface area contributed by atoms with Gasteiger partial charge in [0.15, 0.2) is 0 Å². The third kappa shape index (κ3) is 4.55. The molecule has 2 nitrogen and oxygen atoms in total. The van der Waals surface area contributed by atoms with Gasteiger partial charge in [0.05, 0.1) is 6.54 Å².